The molecule has 1 aromatic heterocycles. The molecule has 0 unspecified atom stereocenters. The van der Waals surface area contributed by atoms with Crippen molar-refractivity contribution < 1.29 is 2.74 Å². The van der Waals surface area contributed by atoms with Crippen LogP contribution in [0.15, 0.2) is 54.5 Å². The van der Waals surface area contributed by atoms with Crippen molar-refractivity contribution in [1.82, 2.24) is 9.97 Å². The average molecular weight is 196 g/mol. The number of rotatable bonds is 1. The van der Waals surface area contributed by atoms with Crippen molar-refractivity contribution >= 4 is 11.0 Å². The van der Waals surface area contributed by atoms with Gasteiger partial charge in [0.05, 0.1) is 13.8 Å². The number of aromatic amines is 1. The highest BCUT2D eigenvalue weighted by Crippen LogP contribution is 2.19. The first kappa shape index (κ1) is 6.40. The first-order valence-corrected chi connectivity index (χ1v) is 4.77. The number of nitrogens with one attached hydrogen (secondary N) is 1. The van der Waals surface area contributed by atoms with Gasteiger partial charge in [0.25, 0.3) is 0 Å². The van der Waals surface area contributed by atoms with Gasteiger partial charge in [-0.15, -0.1) is 0 Å². The van der Waals surface area contributed by atoms with E-state index in [4.69, 9.17) is 2.74 Å². The summed E-state index contributed by atoms with van der Waals surface area (Å²) < 4.78 is 15.7. The summed E-state index contributed by atoms with van der Waals surface area (Å²) in [6.45, 7) is 0. The molecule has 72 valence electrons. The Morgan fingerprint density at radius 3 is 2.60 bits per heavy atom. The predicted molar refractivity (Wildman–Crippen MR) is 61.5 cm³/mol. The Bertz CT molecular complexity index is 635. The van der Waals surface area contributed by atoms with E-state index in [1.165, 1.54) is 0 Å². The minimum atomic E-state index is 0.316. The predicted octanol–water partition coefficient (Wildman–Crippen LogP) is 3.23. The molecule has 2 heteroatoms. The van der Waals surface area contributed by atoms with Crippen molar-refractivity contribution in [3.8, 4) is 11.4 Å². The van der Waals surface area contributed by atoms with Crippen LogP contribution in [-0.4, -0.2) is 9.97 Å². The fourth-order valence-corrected chi connectivity index (χ4v) is 1.56. The van der Waals surface area contributed by atoms with E-state index in [-0.39, 0.29) is 0 Å². The lowest BCUT2D eigenvalue weighted by Gasteiger charge is -1.93. The highest BCUT2D eigenvalue weighted by Gasteiger charge is 2.02. The highest BCUT2D eigenvalue weighted by atomic mass is 14.9. The average Bonchev–Trinajstić information content (AvgIpc) is 2.71. The third kappa shape index (κ3) is 1.40. The van der Waals surface area contributed by atoms with Crippen LogP contribution in [0.4, 0.5) is 0 Å². The molecular formula is C13H10N2. The lowest BCUT2D eigenvalue weighted by Crippen LogP contribution is -1.77. The molecule has 1 heterocycles. The molecule has 0 radical (unpaired) electrons. The van der Waals surface area contributed by atoms with E-state index in [0.717, 1.165) is 11.0 Å². The minimum absolute atomic E-state index is 0.316. The Morgan fingerprint density at radius 2 is 1.80 bits per heavy atom. The van der Waals surface area contributed by atoms with Gasteiger partial charge >= 0.3 is 0 Å². The van der Waals surface area contributed by atoms with Crippen LogP contribution in [0.5, 0.6) is 0 Å². The van der Waals surface area contributed by atoms with Crippen molar-refractivity contribution in [2.24, 2.45) is 0 Å². The number of H-pyrrole nitrogens is 1. The van der Waals surface area contributed by atoms with E-state index in [1.54, 1.807) is 18.2 Å². The lowest BCUT2D eigenvalue weighted by atomic mass is 10.2. The van der Waals surface area contributed by atoms with Crippen molar-refractivity contribution in [2.45, 2.75) is 0 Å². The third-order valence-electron chi connectivity index (χ3n) is 2.27. The first-order chi connectivity index (χ1) is 8.25. The number of hydrogen-bond acceptors (Lipinski definition) is 1. The molecule has 3 aromatic rings. The molecule has 0 spiro atoms. The van der Waals surface area contributed by atoms with Crippen molar-refractivity contribution in [1.29, 1.82) is 0 Å². The molecule has 0 bridgehead atoms. The fourth-order valence-electron chi connectivity index (χ4n) is 1.56. The van der Waals surface area contributed by atoms with Gasteiger partial charge in [-0.05, 0) is 12.1 Å². The molecule has 0 aliphatic rings. The molecule has 0 amide bonds. The monoisotopic (exact) mass is 196 g/mol. The van der Waals surface area contributed by atoms with E-state index in [0.29, 0.717) is 23.5 Å². The Kier molecular flexibility index (Phi) is 1.38. The van der Waals surface area contributed by atoms with Crippen LogP contribution in [-0.2, 0) is 0 Å². The van der Waals surface area contributed by atoms with Crippen LogP contribution in [0.3, 0.4) is 0 Å². The standard InChI is InChI=1S/C13H10N2/c1-2-6-10(7-3-1)13-14-11-8-4-5-9-12(11)15-13/h1-9H,(H,14,15)/i6D,7D. The Balaban J connectivity index is 2.27. The van der Waals surface area contributed by atoms with Crippen LogP contribution >= 0.6 is 0 Å². The van der Waals surface area contributed by atoms with E-state index in [2.05, 4.69) is 9.97 Å². The maximum absolute atomic E-state index is 7.84. The van der Waals surface area contributed by atoms with Gasteiger partial charge in [0, 0.05) is 5.56 Å². The van der Waals surface area contributed by atoms with Gasteiger partial charge in [-0.25, -0.2) is 4.98 Å². The zero-order chi connectivity index (χ0) is 11.8. The molecule has 15 heavy (non-hydrogen) atoms. The summed E-state index contributed by atoms with van der Waals surface area (Å²) in [6, 6.07) is 13.4. The number of fused-ring (bicyclic) bond motifs is 1. The van der Waals surface area contributed by atoms with E-state index < -0.39 is 0 Å². The zero-order valence-corrected chi connectivity index (χ0v) is 7.99. The molecule has 0 aliphatic heterocycles. The summed E-state index contributed by atoms with van der Waals surface area (Å²) in [7, 11) is 0. The van der Waals surface area contributed by atoms with Crippen molar-refractivity contribution in [3.63, 3.8) is 0 Å². The fraction of sp³-hybridized carbons (Fsp3) is 0. The topological polar surface area (TPSA) is 28.7 Å². The summed E-state index contributed by atoms with van der Waals surface area (Å²) >= 11 is 0. The molecule has 0 fully saturated rings. The SMILES string of the molecule is [2H]c1cccc([2H])c1-c1nc2ccccc2[nH]1. The third-order valence-corrected chi connectivity index (χ3v) is 2.27. The molecule has 0 saturated carbocycles. The van der Waals surface area contributed by atoms with Gasteiger partial charge in [0.1, 0.15) is 5.82 Å². The van der Waals surface area contributed by atoms with Crippen molar-refractivity contribution in [2.75, 3.05) is 0 Å². The summed E-state index contributed by atoms with van der Waals surface area (Å²) in [4.78, 5) is 7.55. The summed E-state index contributed by atoms with van der Waals surface area (Å²) in [5.74, 6) is 0.585. The normalized spacial score (nSPS) is 12.5. The van der Waals surface area contributed by atoms with Crippen molar-refractivity contribution in [3.05, 3.63) is 54.5 Å². The summed E-state index contributed by atoms with van der Waals surface area (Å²) in [5, 5.41) is 0. The van der Waals surface area contributed by atoms with E-state index >= 15 is 0 Å². The largest absolute Gasteiger partial charge is 0.338 e. The first-order valence-electron chi connectivity index (χ1n) is 5.77. The number of hydrogen-bond donors (Lipinski definition) is 1. The molecule has 3 rings (SSSR count). The molecule has 0 atom stereocenters. The maximum atomic E-state index is 7.84. The second kappa shape index (κ2) is 3.24. The molecule has 1 N–H and O–H groups in total. The number of aromatic nitrogens is 2. The van der Waals surface area contributed by atoms with Gasteiger partial charge < -0.3 is 4.98 Å². The number of imidazole rings is 1. The maximum Gasteiger partial charge on any atom is 0.138 e. The summed E-state index contributed by atoms with van der Waals surface area (Å²) in [6.07, 6.45) is 0. The second-order valence-corrected chi connectivity index (χ2v) is 3.29. The Morgan fingerprint density at radius 1 is 1.00 bits per heavy atom. The van der Waals surface area contributed by atoms with Gasteiger partial charge in [0.15, 0.2) is 0 Å². The number of nitrogens with zero attached hydrogens (tertiary/aromatic N) is 1. The van der Waals surface area contributed by atoms with Gasteiger partial charge in [-0.2, -0.15) is 0 Å². The highest BCUT2D eigenvalue weighted by molar-refractivity contribution is 5.79. The Hall–Kier alpha value is -2.09. The molecule has 0 saturated heterocycles. The summed E-state index contributed by atoms with van der Waals surface area (Å²) in [5.41, 5.74) is 2.32. The number of para-hydroxylation sites is 2. The second-order valence-electron chi connectivity index (χ2n) is 3.29. The molecular weight excluding hydrogens is 184 g/mol. The van der Waals surface area contributed by atoms with Crippen LogP contribution in [0.2, 0.25) is 0 Å². The number of benzene rings is 2. The van der Waals surface area contributed by atoms with Crippen LogP contribution in [0.1, 0.15) is 2.74 Å². The quantitative estimate of drug-likeness (QED) is 0.636. The van der Waals surface area contributed by atoms with Gasteiger partial charge in [-0.3, -0.25) is 0 Å². The zero-order valence-electron chi connectivity index (χ0n) is 9.99. The van der Waals surface area contributed by atoms with Crippen LogP contribution in [0.25, 0.3) is 22.4 Å². The van der Waals surface area contributed by atoms with Gasteiger partial charge in [0.2, 0.25) is 0 Å². The molecule has 2 aromatic carbocycles. The van der Waals surface area contributed by atoms with E-state index in [1.807, 2.05) is 24.3 Å². The smallest absolute Gasteiger partial charge is 0.138 e. The Labute approximate surface area is 90.4 Å². The molecule has 0 aliphatic carbocycles. The minimum Gasteiger partial charge on any atom is -0.338 e. The van der Waals surface area contributed by atoms with Gasteiger partial charge in [-0.1, -0.05) is 42.4 Å². The van der Waals surface area contributed by atoms with Crippen LogP contribution in [0, 0.1) is 0 Å². The van der Waals surface area contributed by atoms with E-state index in [9.17, 15) is 0 Å². The van der Waals surface area contributed by atoms with Crippen LogP contribution < -0.4 is 0 Å². The molecule has 2 nitrogen and oxygen atoms in total. The lowest BCUT2D eigenvalue weighted by molar-refractivity contribution is 1.34.